The Morgan fingerprint density at radius 1 is 0.867 bits per heavy atom. The van der Waals surface area contributed by atoms with Gasteiger partial charge in [0.2, 0.25) is 11.7 Å². The molecule has 0 bridgehead atoms. The monoisotopic (exact) mass is 425 g/mol. The Balaban J connectivity index is 3.97. The maximum atomic E-state index is 13.4. The smallest absolute Gasteiger partial charge is 0.334 e. The highest BCUT2D eigenvalue weighted by Gasteiger charge is 2.34. The number of aliphatic carboxylic acids is 1. The molecule has 0 fully saturated rings. The van der Waals surface area contributed by atoms with Crippen molar-refractivity contribution < 1.29 is 19.8 Å². The maximum absolute atomic E-state index is 13.4. The lowest BCUT2D eigenvalue weighted by atomic mass is 10.0. The van der Waals surface area contributed by atoms with E-state index >= 15 is 0 Å². The second-order valence-corrected chi connectivity index (χ2v) is 7.67. The van der Waals surface area contributed by atoms with Gasteiger partial charge in [0.15, 0.2) is 6.04 Å². The zero-order valence-corrected chi connectivity index (χ0v) is 18.4. The Morgan fingerprint density at radius 3 is 1.63 bits per heavy atom. The molecular formula is C21H35N3O6. The number of ketones is 1. The Labute approximate surface area is 176 Å². The van der Waals surface area contributed by atoms with Crippen LogP contribution >= 0.6 is 0 Å². The predicted octanol–water partition coefficient (Wildman–Crippen LogP) is 2.59. The Hall–Kier alpha value is -2.42. The van der Waals surface area contributed by atoms with Crippen LogP contribution in [0.3, 0.4) is 0 Å². The number of nitrogens with zero attached hydrogens (tertiary/aromatic N) is 2. The minimum absolute atomic E-state index is 0.421. The molecule has 0 saturated heterocycles. The molecule has 1 rings (SSSR count). The third-order valence-corrected chi connectivity index (χ3v) is 5.31. The maximum Gasteiger partial charge on any atom is 0.334 e. The van der Waals surface area contributed by atoms with Gasteiger partial charge in [0, 0.05) is 12.1 Å². The van der Waals surface area contributed by atoms with Crippen molar-refractivity contribution in [1.29, 1.82) is 0 Å². The van der Waals surface area contributed by atoms with E-state index < -0.39 is 52.6 Å². The number of carboxylic acid groups (broad SMARTS) is 1. The number of carboxylic acids is 1. The minimum atomic E-state index is -2.00. The predicted molar refractivity (Wildman–Crippen MR) is 114 cm³/mol. The molecule has 1 aromatic rings. The summed E-state index contributed by atoms with van der Waals surface area (Å²) in [6, 6.07) is -2.88. The first-order valence-corrected chi connectivity index (χ1v) is 10.8. The van der Waals surface area contributed by atoms with Gasteiger partial charge in [0.05, 0.1) is 0 Å². The van der Waals surface area contributed by atoms with Crippen LogP contribution in [0.15, 0.2) is 9.59 Å². The molecule has 4 N–H and O–H groups in total. The van der Waals surface area contributed by atoms with E-state index in [2.05, 4.69) is 0 Å². The first-order valence-electron chi connectivity index (χ1n) is 10.8. The second kappa shape index (κ2) is 11.7. The van der Waals surface area contributed by atoms with E-state index in [1.54, 1.807) is 0 Å². The van der Waals surface area contributed by atoms with E-state index in [9.17, 15) is 24.3 Å². The molecule has 0 aliphatic heterocycles. The van der Waals surface area contributed by atoms with Crippen LogP contribution in [-0.4, -0.2) is 37.1 Å². The van der Waals surface area contributed by atoms with Gasteiger partial charge in [-0.05, 0) is 25.7 Å². The summed E-state index contributed by atoms with van der Waals surface area (Å²) < 4.78 is 2.11. The molecule has 30 heavy (non-hydrogen) atoms. The lowest BCUT2D eigenvalue weighted by molar-refractivity contribution is -0.137. The van der Waals surface area contributed by atoms with Gasteiger partial charge in [-0.2, -0.15) is 0 Å². The second-order valence-electron chi connectivity index (χ2n) is 7.67. The molecule has 1 aromatic heterocycles. The van der Waals surface area contributed by atoms with E-state index in [1.165, 1.54) is 0 Å². The normalized spacial score (nSPS) is 12.5. The van der Waals surface area contributed by atoms with Crippen LogP contribution in [0.5, 0.6) is 5.88 Å². The summed E-state index contributed by atoms with van der Waals surface area (Å²) in [6.45, 7) is 7.72. The number of nitrogens with two attached hydrogens (primary N) is 1. The summed E-state index contributed by atoms with van der Waals surface area (Å²) in [5.41, 5.74) is 3.09. The number of carbonyl (C=O) groups is 2. The van der Waals surface area contributed by atoms with Gasteiger partial charge in [0.25, 0.3) is 5.56 Å². The number of carbonyl (C=O) groups excluding carboxylic acids is 1. The van der Waals surface area contributed by atoms with E-state index in [0.29, 0.717) is 38.5 Å². The van der Waals surface area contributed by atoms with Gasteiger partial charge in [-0.15, -0.1) is 0 Å². The highest BCUT2D eigenvalue weighted by atomic mass is 16.4. The fraction of sp³-hybridized carbons (Fsp3) is 0.714. The first kappa shape index (κ1) is 25.6. The summed E-state index contributed by atoms with van der Waals surface area (Å²) in [7, 11) is 0. The van der Waals surface area contributed by atoms with Crippen LogP contribution in [0.1, 0.15) is 102 Å². The molecular weight excluding hydrogens is 390 g/mol. The van der Waals surface area contributed by atoms with Gasteiger partial charge < -0.3 is 15.9 Å². The van der Waals surface area contributed by atoms with Gasteiger partial charge >= 0.3 is 11.7 Å². The number of hydrogen-bond donors (Lipinski definition) is 3. The standard InChI is InChI=1S/C21H35N3O6/c1-5-9-13(10-6-2)23-18(26)15(17(25)16(22)20(28)29)19(27)24(21(23)30)14(11-7-3)12-8-4/h13-14,16,26H,5-12,22H2,1-4H3,(H,28,29). The fourth-order valence-corrected chi connectivity index (χ4v) is 3.90. The molecule has 9 heteroatoms. The van der Waals surface area contributed by atoms with E-state index in [1.807, 2.05) is 27.7 Å². The average molecular weight is 426 g/mol. The third kappa shape index (κ3) is 5.38. The zero-order chi connectivity index (χ0) is 23.0. The van der Waals surface area contributed by atoms with Crippen molar-refractivity contribution in [3.05, 3.63) is 26.4 Å². The van der Waals surface area contributed by atoms with Crippen LogP contribution in [0, 0.1) is 0 Å². The molecule has 0 aliphatic carbocycles. The molecule has 1 heterocycles. The van der Waals surface area contributed by atoms with Crippen LogP contribution in [0.2, 0.25) is 0 Å². The molecule has 0 amide bonds. The van der Waals surface area contributed by atoms with Crippen molar-refractivity contribution in [1.82, 2.24) is 9.13 Å². The summed E-state index contributed by atoms with van der Waals surface area (Å²) in [5, 5.41) is 20.0. The van der Waals surface area contributed by atoms with E-state index in [4.69, 9.17) is 10.8 Å². The lowest BCUT2D eigenvalue weighted by Gasteiger charge is -2.26. The molecule has 0 spiro atoms. The van der Waals surface area contributed by atoms with E-state index in [0.717, 1.165) is 22.0 Å². The number of aromatic nitrogens is 2. The number of rotatable bonds is 13. The molecule has 1 atom stereocenters. The average Bonchev–Trinajstić information content (AvgIpc) is 2.67. The van der Waals surface area contributed by atoms with Gasteiger partial charge in [-0.25, -0.2) is 4.79 Å². The van der Waals surface area contributed by atoms with Crippen molar-refractivity contribution in [2.45, 2.75) is 97.2 Å². The number of Topliss-reactive ketones (excluding diaryl/α,β-unsaturated/α-hetero) is 1. The van der Waals surface area contributed by atoms with Crippen LogP contribution in [0.25, 0.3) is 0 Å². The third-order valence-electron chi connectivity index (χ3n) is 5.31. The SMILES string of the molecule is CCCC(CCC)n1c(O)c(C(=O)C(N)C(=O)O)c(=O)n(C(CCC)CCC)c1=O. The van der Waals surface area contributed by atoms with Crippen LogP contribution in [-0.2, 0) is 4.79 Å². The quantitative estimate of drug-likeness (QED) is 0.325. The number of aromatic hydroxyl groups is 1. The Kier molecular flexibility index (Phi) is 9.98. The summed E-state index contributed by atoms with van der Waals surface area (Å²) in [4.78, 5) is 50.5. The first-order chi connectivity index (χ1) is 14.2. The molecule has 0 saturated carbocycles. The number of hydrogen-bond acceptors (Lipinski definition) is 6. The fourth-order valence-electron chi connectivity index (χ4n) is 3.90. The van der Waals surface area contributed by atoms with Gasteiger partial charge in [0.1, 0.15) is 5.56 Å². The highest BCUT2D eigenvalue weighted by Crippen LogP contribution is 2.26. The van der Waals surface area contributed by atoms with Crippen molar-refractivity contribution in [2.24, 2.45) is 5.73 Å². The topological polar surface area (TPSA) is 145 Å². The molecule has 0 radical (unpaired) electrons. The lowest BCUT2D eigenvalue weighted by Crippen LogP contribution is -2.48. The highest BCUT2D eigenvalue weighted by molar-refractivity contribution is 6.12. The Bertz CT molecular complexity index is 846. The van der Waals surface area contributed by atoms with Crippen LogP contribution < -0.4 is 17.0 Å². The minimum Gasteiger partial charge on any atom is -0.494 e. The molecule has 1 unspecified atom stereocenters. The molecule has 0 aromatic carbocycles. The summed E-state index contributed by atoms with van der Waals surface area (Å²) >= 11 is 0. The molecule has 9 nitrogen and oxygen atoms in total. The molecule has 170 valence electrons. The van der Waals surface area contributed by atoms with E-state index in [-0.39, 0.29) is 0 Å². The summed E-state index contributed by atoms with van der Waals surface area (Å²) in [6.07, 6.45) is 5.07. The Morgan fingerprint density at radius 2 is 1.27 bits per heavy atom. The van der Waals surface area contributed by atoms with Gasteiger partial charge in [-0.3, -0.25) is 23.5 Å². The molecule has 0 aliphatic rings. The zero-order valence-electron chi connectivity index (χ0n) is 18.4. The van der Waals surface area contributed by atoms with Crippen molar-refractivity contribution >= 4 is 11.8 Å². The largest absolute Gasteiger partial charge is 0.494 e. The van der Waals surface area contributed by atoms with Gasteiger partial charge in [-0.1, -0.05) is 53.4 Å². The van der Waals surface area contributed by atoms with Crippen molar-refractivity contribution in [3.63, 3.8) is 0 Å². The van der Waals surface area contributed by atoms with Crippen molar-refractivity contribution in [3.8, 4) is 5.88 Å². The summed E-state index contributed by atoms with van der Waals surface area (Å²) in [5.74, 6) is -3.60. The van der Waals surface area contributed by atoms with Crippen molar-refractivity contribution in [2.75, 3.05) is 0 Å². The van der Waals surface area contributed by atoms with Crippen LogP contribution in [0.4, 0.5) is 0 Å².